The van der Waals surface area contributed by atoms with Gasteiger partial charge in [0.15, 0.2) is 0 Å². The van der Waals surface area contributed by atoms with Crippen molar-refractivity contribution in [3.8, 4) is 16.9 Å². The number of carbonyl (C=O) groups is 1. The Kier molecular flexibility index (Phi) is 5.39. The van der Waals surface area contributed by atoms with Gasteiger partial charge in [0.2, 0.25) is 0 Å². The molecule has 0 unspecified atom stereocenters. The number of carboxylic acid groups (broad SMARTS) is 1. The molecule has 0 amide bonds. The normalized spacial score (nSPS) is 10.7. The first-order valence-electron chi connectivity index (χ1n) is 8.93. The molecule has 0 aliphatic heterocycles. The van der Waals surface area contributed by atoms with Crippen molar-refractivity contribution in [3.05, 3.63) is 94.9 Å². The Hall–Kier alpha value is -3.45. The third-order valence-corrected chi connectivity index (χ3v) is 4.98. The second-order valence-electron chi connectivity index (χ2n) is 6.37. The summed E-state index contributed by atoms with van der Waals surface area (Å²) >= 11 is 3.46. The molecule has 4 aromatic rings. The average molecular weight is 449 g/mol. The van der Waals surface area contributed by atoms with E-state index in [9.17, 15) is 9.90 Å². The van der Waals surface area contributed by atoms with Crippen LogP contribution < -0.4 is 5.32 Å². The van der Waals surface area contributed by atoms with Gasteiger partial charge in [-0.05, 0) is 30.3 Å². The van der Waals surface area contributed by atoms with Gasteiger partial charge in [-0.2, -0.15) is 5.10 Å². The molecule has 2 heterocycles. The summed E-state index contributed by atoms with van der Waals surface area (Å²) in [7, 11) is 0. The largest absolute Gasteiger partial charge is 0.478 e. The van der Waals surface area contributed by atoms with E-state index in [1.165, 1.54) is 18.5 Å². The molecule has 0 fully saturated rings. The van der Waals surface area contributed by atoms with Crippen molar-refractivity contribution in [3.63, 3.8) is 0 Å². The highest BCUT2D eigenvalue weighted by Gasteiger charge is 2.14. The first kappa shape index (κ1) is 18.9. The number of aromatic carboxylic acids is 1. The van der Waals surface area contributed by atoms with Gasteiger partial charge in [0.1, 0.15) is 0 Å². The molecule has 2 N–H and O–H groups in total. The maximum Gasteiger partial charge on any atom is 0.337 e. The second kappa shape index (κ2) is 8.28. The molecular weight excluding hydrogens is 432 g/mol. The SMILES string of the molecule is O=C(O)c1ccncc1NCc1cn(-c2ccccc2)nc1-c1ccc(Br)cc1. The summed E-state index contributed by atoms with van der Waals surface area (Å²) in [6, 6.07) is 19.3. The van der Waals surface area contributed by atoms with E-state index < -0.39 is 5.97 Å². The number of para-hydroxylation sites is 1. The molecule has 0 saturated carbocycles. The van der Waals surface area contributed by atoms with Gasteiger partial charge in [0.05, 0.1) is 28.8 Å². The lowest BCUT2D eigenvalue weighted by Crippen LogP contribution is -2.07. The minimum atomic E-state index is -0.997. The minimum absolute atomic E-state index is 0.181. The molecule has 0 atom stereocenters. The summed E-state index contributed by atoms with van der Waals surface area (Å²) in [6.45, 7) is 0.407. The van der Waals surface area contributed by atoms with Crippen molar-refractivity contribution in [1.82, 2.24) is 14.8 Å². The lowest BCUT2D eigenvalue weighted by Gasteiger charge is -2.09. The minimum Gasteiger partial charge on any atom is -0.478 e. The molecule has 2 aromatic heterocycles. The van der Waals surface area contributed by atoms with Gasteiger partial charge in [-0.15, -0.1) is 0 Å². The van der Waals surface area contributed by atoms with Crippen LogP contribution in [0, 0.1) is 0 Å². The number of benzene rings is 2. The predicted octanol–water partition coefficient (Wildman–Crippen LogP) is 5.01. The highest BCUT2D eigenvalue weighted by molar-refractivity contribution is 9.10. The quantitative estimate of drug-likeness (QED) is 0.433. The van der Waals surface area contributed by atoms with Gasteiger partial charge in [-0.1, -0.05) is 46.3 Å². The van der Waals surface area contributed by atoms with Crippen molar-refractivity contribution in [2.45, 2.75) is 6.54 Å². The van der Waals surface area contributed by atoms with Gasteiger partial charge in [0, 0.05) is 34.5 Å². The third kappa shape index (κ3) is 4.20. The molecule has 0 radical (unpaired) electrons. The number of aromatic nitrogens is 3. The van der Waals surface area contributed by atoms with Crippen LogP contribution in [0.2, 0.25) is 0 Å². The first-order chi connectivity index (χ1) is 14.1. The molecule has 0 saturated heterocycles. The number of carboxylic acids is 1. The summed E-state index contributed by atoms with van der Waals surface area (Å²) in [5.74, 6) is -0.997. The van der Waals surface area contributed by atoms with E-state index >= 15 is 0 Å². The summed E-state index contributed by atoms with van der Waals surface area (Å²) in [4.78, 5) is 15.5. The highest BCUT2D eigenvalue weighted by atomic mass is 79.9. The van der Waals surface area contributed by atoms with E-state index in [1.807, 2.05) is 65.5 Å². The lowest BCUT2D eigenvalue weighted by atomic mass is 10.1. The molecule has 0 aliphatic carbocycles. The van der Waals surface area contributed by atoms with Crippen LogP contribution in [0.1, 0.15) is 15.9 Å². The van der Waals surface area contributed by atoms with E-state index in [4.69, 9.17) is 5.10 Å². The maximum atomic E-state index is 11.5. The average Bonchev–Trinajstić information content (AvgIpc) is 3.18. The molecule has 144 valence electrons. The standard InChI is InChI=1S/C22H17BrN4O2/c23-17-8-6-15(7-9-17)21-16(14-27(26-21)18-4-2-1-3-5-18)12-25-20-13-24-11-10-19(20)22(28)29/h1-11,13-14,25H,12H2,(H,28,29). The summed E-state index contributed by atoms with van der Waals surface area (Å²) in [6.07, 6.45) is 4.94. The lowest BCUT2D eigenvalue weighted by molar-refractivity contribution is 0.0698. The van der Waals surface area contributed by atoms with Gasteiger partial charge in [-0.25, -0.2) is 9.48 Å². The van der Waals surface area contributed by atoms with Crippen LogP contribution in [-0.4, -0.2) is 25.8 Å². The Morgan fingerprint density at radius 1 is 1.07 bits per heavy atom. The molecule has 4 rings (SSSR count). The molecule has 6 nitrogen and oxygen atoms in total. The number of pyridine rings is 1. The number of halogens is 1. The van der Waals surface area contributed by atoms with E-state index in [1.54, 1.807) is 0 Å². The summed E-state index contributed by atoms with van der Waals surface area (Å²) < 4.78 is 2.82. The van der Waals surface area contributed by atoms with Crippen LogP contribution in [0.15, 0.2) is 83.7 Å². The zero-order valence-corrected chi connectivity index (χ0v) is 16.9. The Morgan fingerprint density at radius 3 is 2.55 bits per heavy atom. The molecule has 0 bridgehead atoms. The van der Waals surface area contributed by atoms with E-state index in [2.05, 4.69) is 26.2 Å². The zero-order valence-electron chi connectivity index (χ0n) is 15.3. The molecule has 7 heteroatoms. The Labute approximate surface area is 176 Å². The fourth-order valence-corrected chi connectivity index (χ4v) is 3.28. The number of hydrogen-bond donors (Lipinski definition) is 2. The van der Waals surface area contributed by atoms with Crippen LogP contribution in [-0.2, 0) is 6.54 Å². The van der Waals surface area contributed by atoms with Crippen molar-refractivity contribution in [2.75, 3.05) is 5.32 Å². The van der Waals surface area contributed by atoms with Crippen LogP contribution in [0.4, 0.5) is 5.69 Å². The topological polar surface area (TPSA) is 80.0 Å². The molecule has 0 spiro atoms. The van der Waals surface area contributed by atoms with Gasteiger partial charge < -0.3 is 10.4 Å². The van der Waals surface area contributed by atoms with Gasteiger partial charge >= 0.3 is 5.97 Å². The number of rotatable bonds is 6. The Morgan fingerprint density at radius 2 is 1.83 bits per heavy atom. The number of anilines is 1. The fraction of sp³-hybridized carbons (Fsp3) is 0.0455. The van der Waals surface area contributed by atoms with Gasteiger partial charge in [-0.3, -0.25) is 4.98 Å². The van der Waals surface area contributed by atoms with Crippen molar-refractivity contribution in [2.24, 2.45) is 0 Å². The second-order valence-corrected chi connectivity index (χ2v) is 7.29. The van der Waals surface area contributed by atoms with Crippen LogP contribution in [0.5, 0.6) is 0 Å². The molecule has 2 aromatic carbocycles. The first-order valence-corrected chi connectivity index (χ1v) is 9.72. The van der Waals surface area contributed by atoms with Crippen LogP contribution in [0.25, 0.3) is 16.9 Å². The van der Waals surface area contributed by atoms with Gasteiger partial charge in [0.25, 0.3) is 0 Å². The predicted molar refractivity (Wildman–Crippen MR) is 115 cm³/mol. The number of hydrogen-bond acceptors (Lipinski definition) is 4. The Balaban J connectivity index is 1.71. The maximum absolute atomic E-state index is 11.5. The van der Waals surface area contributed by atoms with E-state index in [-0.39, 0.29) is 5.56 Å². The van der Waals surface area contributed by atoms with Crippen LogP contribution in [0.3, 0.4) is 0 Å². The van der Waals surface area contributed by atoms with Crippen molar-refractivity contribution < 1.29 is 9.90 Å². The molecule has 29 heavy (non-hydrogen) atoms. The molecular formula is C22H17BrN4O2. The number of nitrogens with zero attached hydrogens (tertiary/aromatic N) is 3. The monoisotopic (exact) mass is 448 g/mol. The highest BCUT2D eigenvalue weighted by Crippen LogP contribution is 2.26. The van der Waals surface area contributed by atoms with Crippen molar-refractivity contribution >= 4 is 27.6 Å². The smallest absolute Gasteiger partial charge is 0.337 e. The summed E-state index contributed by atoms with van der Waals surface area (Å²) in [5, 5.41) is 17.4. The third-order valence-electron chi connectivity index (χ3n) is 4.45. The summed E-state index contributed by atoms with van der Waals surface area (Å²) in [5.41, 5.74) is 4.34. The number of nitrogens with one attached hydrogen (secondary N) is 1. The Bertz CT molecular complexity index is 1140. The van der Waals surface area contributed by atoms with Crippen LogP contribution >= 0.6 is 15.9 Å². The van der Waals surface area contributed by atoms with Crippen molar-refractivity contribution in [1.29, 1.82) is 0 Å². The van der Waals surface area contributed by atoms with E-state index in [0.29, 0.717) is 12.2 Å². The van der Waals surface area contributed by atoms with E-state index in [0.717, 1.165) is 27.0 Å². The fourth-order valence-electron chi connectivity index (χ4n) is 3.02. The zero-order chi connectivity index (χ0) is 20.2. The molecule has 0 aliphatic rings.